The van der Waals surface area contributed by atoms with E-state index in [9.17, 15) is 9.90 Å². The number of aliphatic hydroxyl groups is 1. The molecule has 0 aliphatic carbocycles. The van der Waals surface area contributed by atoms with E-state index in [1.54, 1.807) is 14.2 Å². The lowest BCUT2D eigenvalue weighted by Gasteiger charge is -2.30. The number of nitrogens with two attached hydrogens (primary N) is 1. The second kappa shape index (κ2) is 16.2. The molecule has 1 heterocycles. The summed E-state index contributed by atoms with van der Waals surface area (Å²) < 4.78 is 21.9. The Morgan fingerprint density at radius 1 is 1.14 bits per heavy atom. The average Bonchev–Trinajstić information content (AvgIpc) is 3.37. The van der Waals surface area contributed by atoms with Gasteiger partial charge in [0.15, 0.2) is 11.5 Å². The maximum absolute atomic E-state index is 12.9. The summed E-state index contributed by atoms with van der Waals surface area (Å²) >= 11 is 0. The molecule has 0 radical (unpaired) electrons. The van der Waals surface area contributed by atoms with Gasteiger partial charge < -0.3 is 35.1 Å². The summed E-state index contributed by atoms with van der Waals surface area (Å²) in [5, 5.41) is 14.1. The fourth-order valence-electron chi connectivity index (χ4n) is 4.82. The molecule has 5 atom stereocenters. The van der Waals surface area contributed by atoms with Crippen molar-refractivity contribution in [2.75, 3.05) is 40.6 Å². The van der Waals surface area contributed by atoms with E-state index in [2.05, 4.69) is 25.2 Å². The van der Waals surface area contributed by atoms with Crippen LogP contribution in [-0.2, 0) is 20.7 Å². The highest BCUT2D eigenvalue weighted by Crippen LogP contribution is 2.32. The molecule has 1 aromatic rings. The van der Waals surface area contributed by atoms with Crippen LogP contribution in [0.2, 0.25) is 0 Å². The number of methoxy groups -OCH3 is 2. The monoisotopic (exact) mass is 522 g/mol. The van der Waals surface area contributed by atoms with Gasteiger partial charge in [0, 0.05) is 38.7 Å². The minimum Gasteiger partial charge on any atom is -0.493 e. The first-order valence-electron chi connectivity index (χ1n) is 13.8. The topological polar surface area (TPSA) is 112 Å². The van der Waals surface area contributed by atoms with Crippen LogP contribution in [0.1, 0.15) is 58.9 Å². The van der Waals surface area contributed by atoms with Gasteiger partial charge in [0.1, 0.15) is 0 Å². The van der Waals surface area contributed by atoms with Gasteiger partial charge in [-0.05, 0) is 61.1 Å². The quantitative estimate of drug-likeness (QED) is 0.268. The number of nitrogens with one attached hydrogen (secondary N) is 1. The zero-order valence-electron chi connectivity index (χ0n) is 23.7. The third-order valence-corrected chi connectivity index (χ3v) is 7.40. The molecule has 37 heavy (non-hydrogen) atoms. The number of amides is 1. The van der Waals surface area contributed by atoms with Crippen LogP contribution in [0.4, 0.5) is 0 Å². The molecular formula is C29H50N2O6. The first-order valence-corrected chi connectivity index (χ1v) is 13.8. The van der Waals surface area contributed by atoms with Crippen LogP contribution in [-0.4, -0.2) is 69.8 Å². The minimum absolute atomic E-state index is 0.0200. The number of carbonyl (C=O) groups is 1. The lowest BCUT2D eigenvalue weighted by molar-refractivity contribution is -0.128. The Morgan fingerprint density at radius 3 is 2.49 bits per heavy atom. The summed E-state index contributed by atoms with van der Waals surface area (Å²) in [6, 6.07) is 5.68. The Labute approximate surface area is 223 Å². The highest BCUT2D eigenvalue weighted by atomic mass is 16.5. The third-order valence-electron chi connectivity index (χ3n) is 7.40. The van der Waals surface area contributed by atoms with Gasteiger partial charge in [0.05, 0.1) is 32.5 Å². The average molecular weight is 523 g/mol. The normalized spacial score (nSPS) is 19.0. The molecule has 0 spiro atoms. The van der Waals surface area contributed by atoms with E-state index in [0.29, 0.717) is 50.9 Å². The number of hydrogen-bond donors (Lipinski definition) is 3. The van der Waals surface area contributed by atoms with Crippen LogP contribution in [0.3, 0.4) is 0 Å². The van der Waals surface area contributed by atoms with Gasteiger partial charge >= 0.3 is 0 Å². The zero-order valence-corrected chi connectivity index (χ0v) is 23.7. The first kappa shape index (κ1) is 31.3. The lowest BCUT2D eigenvalue weighted by atomic mass is 9.80. The molecule has 8 heteroatoms. The molecule has 0 unspecified atom stereocenters. The van der Waals surface area contributed by atoms with Crippen molar-refractivity contribution in [2.24, 2.45) is 29.4 Å². The molecule has 2 rings (SSSR count). The van der Waals surface area contributed by atoms with Gasteiger partial charge in [0.2, 0.25) is 5.91 Å². The van der Waals surface area contributed by atoms with Crippen LogP contribution in [0.5, 0.6) is 11.5 Å². The summed E-state index contributed by atoms with van der Waals surface area (Å²) in [6.45, 7) is 10.8. The molecule has 1 amide bonds. The summed E-state index contributed by atoms with van der Waals surface area (Å²) in [6.07, 6.45) is 2.71. The van der Waals surface area contributed by atoms with Gasteiger partial charge in [-0.2, -0.15) is 0 Å². The molecule has 1 aliphatic rings. The van der Waals surface area contributed by atoms with Crippen LogP contribution in [0.15, 0.2) is 18.2 Å². The molecule has 4 N–H and O–H groups in total. The highest BCUT2D eigenvalue weighted by molar-refractivity contribution is 5.79. The Bertz CT molecular complexity index is 797. The van der Waals surface area contributed by atoms with Crippen molar-refractivity contribution in [3.63, 3.8) is 0 Å². The molecule has 1 saturated heterocycles. The van der Waals surface area contributed by atoms with Gasteiger partial charge in [0.25, 0.3) is 0 Å². The van der Waals surface area contributed by atoms with Gasteiger partial charge in [-0.1, -0.05) is 33.8 Å². The molecule has 0 aromatic heterocycles. The second-order valence-corrected chi connectivity index (χ2v) is 11.0. The van der Waals surface area contributed by atoms with Gasteiger partial charge in [-0.3, -0.25) is 4.79 Å². The predicted molar refractivity (Wildman–Crippen MR) is 146 cm³/mol. The number of carbonyl (C=O) groups excluding carboxylic acids is 1. The molecule has 1 aromatic carbocycles. The van der Waals surface area contributed by atoms with Crippen LogP contribution >= 0.6 is 0 Å². The fourth-order valence-corrected chi connectivity index (χ4v) is 4.82. The summed E-state index contributed by atoms with van der Waals surface area (Å²) in [5.74, 6) is 1.86. The Kier molecular flexibility index (Phi) is 13.7. The van der Waals surface area contributed by atoms with E-state index >= 15 is 0 Å². The molecule has 212 valence electrons. The Morgan fingerprint density at radius 2 is 1.89 bits per heavy atom. The van der Waals surface area contributed by atoms with Crippen LogP contribution in [0, 0.1) is 23.7 Å². The van der Waals surface area contributed by atoms with Gasteiger partial charge in [-0.25, -0.2) is 0 Å². The summed E-state index contributed by atoms with van der Waals surface area (Å²) in [5.41, 5.74) is 7.67. The maximum Gasteiger partial charge on any atom is 0.223 e. The molecule has 1 aliphatic heterocycles. The highest BCUT2D eigenvalue weighted by Gasteiger charge is 2.31. The van der Waals surface area contributed by atoms with Crippen molar-refractivity contribution in [2.45, 2.75) is 78.0 Å². The van der Waals surface area contributed by atoms with E-state index in [0.717, 1.165) is 30.6 Å². The number of aliphatic hydroxyl groups excluding tert-OH is 1. The lowest BCUT2D eigenvalue weighted by Crippen LogP contribution is -2.45. The van der Waals surface area contributed by atoms with Crippen molar-refractivity contribution in [1.82, 2.24) is 5.32 Å². The summed E-state index contributed by atoms with van der Waals surface area (Å²) in [4.78, 5) is 12.9. The molecule has 0 bridgehead atoms. The second-order valence-electron chi connectivity index (χ2n) is 11.0. The van der Waals surface area contributed by atoms with Crippen molar-refractivity contribution in [1.29, 1.82) is 0 Å². The van der Waals surface area contributed by atoms with Crippen LogP contribution < -0.4 is 20.5 Å². The number of benzene rings is 1. The number of ether oxygens (including phenoxy) is 4. The molecule has 0 saturated carbocycles. The maximum atomic E-state index is 12.9. The largest absolute Gasteiger partial charge is 0.493 e. The van der Waals surface area contributed by atoms with Crippen molar-refractivity contribution < 1.29 is 28.8 Å². The SMILES string of the molecule is COCCCOc1cc(C[C@@H](C[C@H](N)[C@@H](O)C[C@H](C(=O)N[C@@H]2CCOC2)C(C)C)C(C)C)ccc1OC. The standard InChI is InChI=1S/C29H50N2O6/c1-19(2)22(14-21-8-9-27(35-6)28(15-21)37-12-7-11-34-5)16-25(30)26(32)17-24(20(3)4)29(33)31-23-10-13-36-18-23/h8-9,15,19-20,22-26,32H,7,10-14,16-18,30H2,1-6H3,(H,31,33)/t22-,23+,24-,25-,26-/m0/s1. The molecule has 1 fully saturated rings. The Balaban J connectivity index is 2.00. The number of hydrogen-bond acceptors (Lipinski definition) is 7. The zero-order chi connectivity index (χ0) is 27.4. The smallest absolute Gasteiger partial charge is 0.223 e. The first-order chi connectivity index (χ1) is 17.7. The van der Waals surface area contributed by atoms with E-state index in [1.165, 1.54) is 0 Å². The van der Waals surface area contributed by atoms with Crippen molar-refractivity contribution >= 4 is 5.91 Å². The van der Waals surface area contributed by atoms with Gasteiger partial charge in [-0.15, -0.1) is 0 Å². The summed E-state index contributed by atoms with van der Waals surface area (Å²) in [7, 11) is 3.32. The van der Waals surface area contributed by atoms with Crippen molar-refractivity contribution in [3.8, 4) is 11.5 Å². The predicted octanol–water partition coefficient (Wildman–Crippen LogP) is 3.57. The number of rotatable bonds is 17. The Hall–Kier alpha value is -1.87. The molecule has 8 nitrogen and oxygen atoms in total. The third kappa shape index (κ3) is 10.4. The van der Waals surface area contributed by atoms with E-state index in [1.807, 2.05) is 26.0 Å². The minimum atomic E-state index is -0.755. The fraction of sp³-hybridized carbons (Fsp3) is 0.759. The van der Waals surface area contributed by atoms with E-state index in [4.69, 9.17) is 24.7 Å². The van der Waals surface area contributed by atoms with Crippen molar-refractivity contribution in [3.05, 3.63) is 23.8 Å². The molecular weight excluding hydrogens is 472 g/mol. The van der Waals surface area contributed by atoms with Crippen LogP contribution in [0.25, 0.3) is 0 Å². The van der Waals surface area contributed by atoms with E-state index in [-0.39, 0.29) is 29.7 Å². The van der Waals surface area contributed by atoms with E-state index < -0.39 is 12.1 Å².